The average Bonchev–Trinajstić information content (AvgIpc) is 3.25. The average molecular weight is 369 g/mol. The molecule has 0 radical (unpaired) electrons. The molecule has 0 unspecified atom stereocenters. The van der Waals surface area contributed by atoms with Crippen LogP contribution in [0.1, 0.15) is 42.5 Å². The molecule has 1 aliphatic rings. The Labute approximate surface area is 160 Å². The summed E-state index contributed by atoms with van der Waals surface area (Å²) in [5, 5.41) is 1.99. The van der Waals surface area contributed by atoms with Crippen LogP contribution < -0.4 is 4.74 Å². The van der Waals surface area contributed by atoms with Gasteiger partial charge in [0.1, 0.15) is 5.52 Å². The van der Waals surface area contributed by atoms with Crippen molar-refractivity contribution in [3.63, 3.8) is 0 Å². The lowest BCUT2D eigenvalue weighted by molar-refractivity contribution is 0.245. The second-order valence-electron chi connectivity index (χ2n) is 7.40. The molecule has 4 rings (SSSR count). The van der Waals surface area contributed by atoms with Gasteiger partial charge in [-0.15, -0.1) is 0 Å². The Morgan fingerprint density at radius 3 is 2.58 bits per heavy atom. The Balaban J connectivity index is 1.70. The van der Waals surface area contributed by atoms with E-state index in [4.69, 9.17) is 16.3 Å². The number of pyridine rings is 1. The fourth-order valence-corrected chi connectivity index (χ4v) is 4.14. The molecule has 136 valence electrons. The highest BCUT2D eigenvalue weighted by molar-refractivity contribution is 6.30. The Kier molecular flexibility index (Phi) is 4.90. The van der Waals surface area contributed by atoms with Crippen molar-refractivity contribution in [3.05, 3.63) is 58.4 Å². The maximum absolute atomic E-state index is 6.22. The standard InChI is InChI=1S/C22H25ClN2O/c1-15-16(2)25(13-17-7-9-19(23)10-8-17)21-20(15)11-12-24-22(21)26-14-18-5-3-4-6-18/h7-12,18H,3-6,13-14H2,1-2H3. The third kappa shape index (κ3) is 3.33. The lowest BCUT2D eigenvalue weighted by atomic mass is 10.1. The maximum Gasteiger partial charge on any atom is 0.238 e. The molecule has 26 heavy (non-hydrogen) atoms. The molecular formula is C22H25ClN2O. The predicted octanol–water partition coefficient (Wildman–Crippen LogP) is 5.92. The Morgan fingerprint density at radius 2 is 1.85 bits per heavy atom. The number of hydrogen-bond donors (Lipinski definition) is 0. The molecule has 1 aliphatic carbocycles. The number of ether oxygens (including phenoxy) is 1. The van der Waals surface area contributed by atoms with Crippen LogP contribution in [0.4, 0.5) is 0 Å². The summed E-state index contributed by atoms with van der Waals surface area (Å²) in [7, 11) is 0. The second kappa shape index (κ2) is 7.32. The van der Waals surface area contributed by atoms with E-state index in [1.807, 2.05) is 18.3 Å². The van der Waals surface area contributed by atoms with Crippen molar-refractivity contribution < 1.29 is 4.74 Å². The summed E-state index contributed by atoms with van der Waals surface area (Å²) in [6.07, 6.45) is 7.08. The highest BCUT2D eigenvalue weighted by atomic mass is 35.5. The van der Waals surface area contributed by atoms with Crippen LogP contribution in [0.25, 0.3) is 10.9 Å². The number of fused-ring (bicyclic) bond motifs is 1. The van der Waals surface area contributed by atoms with Gasteiger partial charge in [-0.2, -0.15) is 0 Å². The van der Waals surface area contributed by atoms with E-state index in [0.29, 0.717) is 5.92 Å². The fourth-order valence-electron chi connectivity index (χ4n) is 4.01. The van der Waals surface area contributed by atoms with E-state index in [1.54, 1.807) is 0 Å². The molecule has 0 amide bonds. The summed E-state index contributed by atoms with van der Waals surface area (Å²) in [5.74, 6) is 1.44. The van der Waals surface area contributed by atoms with Gasteiger partial charge in [0.15, 0.2) is 0 Å². The first-order valence-electron chi connectivity index (χ1n) is 9.45. The van der Waals surface area contributed by atoms with Crippen LogP contribution in [0.5, 0.6) is 5.88 Å². The van der Waals surface area contributed by atoms with E-state index in [0.717, 1.165) is 29.6 Å². The van der Waals surface area contributed by atoms with Crippen LogP contribution in [0, 0.1) is 19.8 Å². The molecule has 2 aromatic heterocycles. The van der Waals surface area contributed by atoms with Crippen molar-refractivity contribution in [1.29, 1.82) is 0 Å². The molecule has 1 saturated carbocycles. The molecule has 0 aliphatic heterocycles. The molecule has 3 nitrogen and oxygen atoms in total. The van der Waals surface area contributed by atoms with Gasteiger partial charge in [0.2, 0.25) is 5.88 Å². The Morgan fingerprint density at radius 1 is 1.12 bits per heavy atom. The smallest absolute Gasteiger partial charge is 0.238 e. The topological polar surface area (TPSA) is 27.1 Å². The largest absolute Gasteiger partial charge is 0.476 e. The van der Waals surface area contributed by atoms with Gasteiger partial charge < -0.3 is 9.30 Å². The highest BCUT2D eigenvalue weighted by Crippen LogP contribution is 2.33. The van der Waals surface area contributed by atoms with E-state index >= 15 is 0 Å². The van der Waals surface area contributed by atoms with Crippen molar-refractivity contribution >= 4 is 22.5 Å². The number of halogens is 1. The normalized spacial score (nSPS) is 15.0. The summed E-state index contributed by atoms with van der Waals surface area (Å²) in [6.45, 7) is 5.91. The summed E-state index contributed by atoms with van der Waals surface area (Å²) in [4.78, 5) is 4.57. The van der Waals surface area contributed by atoms with Gasteiger partial charge in [-0.3, -0.25) is 0 Å². The minimum atomic E-state index is 0.675. The van der Waals surface area contributed by atoms with Crippen LogP contribution in [-0.2, 0) is 6.54 Å². The molecule has 1 fully saturated rings. The minimum absolute atomic E-state index is 0.675. The maximum atomic E-state index is 6.22. The van der Waals surface area contributed by atoms with Crippen LogP contribution in [0.3, 0.4) is 0 Å². The van der Waals surface area contributed by atoms with Gasteiger partial charge in [-0.1, -0.05) is 36.6 Å². The van der Waals surface area contributed by atoms with Gasteiger partial charge in [-0.25, -0.2) is 4.98 Å². The molecule has 0 atom stereocenters. The molecule has 2 heterocycles. The van der Waals surface area contributed by atoms with Crippen LogP contribution in [-0.4, -0.2) is 16.2 Å². The molecule has 3 aromatic rings. The summed E-state index contributed by atoms with van der Waals surface area (Å²) in [6, 6.07) is 10.1. The first-order chi connectivity index (χ1) is 12.6. The van der Waals surface area contributed by atoms with Gasteiger partial charge in [0, 0.05) is 28.8 Å². The third-order valence-corrected chi connectivity index (χ3v) is 5.95. The van der Waals surface area contributed by atoms with Gasteiger partial charge in [0.25, 0.3) is 0 Å². The number of hydrogen-bond acceptors (Lipinski definition) is 2. The highest BCUT2D eigenvalue weighted by Gasteiger charge is 2.19. The molecule has 0 spiro atoms. The van der Waals surface area contributed by atoms with Gasteiger partial charge >= 0.3 is 0 Å². The first-order valence-corrected chi connectivity index (χ1v) is 9.83. The van der Waals surface area contributed by atoms with Crippen molar-refractivity contribution in [2.24, 2.45) is 5.92 Å². The lowest BCUT2D eigenvalue weighted by Crippen LogP contribution is -2.10. The van der Waals surface area contributed by atoms with E-state index in [2.05, 4.69) is 41.6 Å². The molecular weight excluding hydrogens is 344 g/mol. The zero-order valence-electron chi connectivity index (χ0n) is 15.5. The minimum Gasteiger partial charge on any atom is -0.476 e. The first kappa shape index (κ1) is 17.4. The summed E-state index contributed by atoms with van der Waals surface area (Å²) >= 11 is 6.04. The zero-order valence-corrected chi connectivity index (χ0v) is 16.2. The van der Waals surface area contributed by atoms with Gasteiger partial charge in [0.05, 0.1) is 6.61 Å². The quantitative estimate of drug-likeness (QED) is 0.558. The number of aryl methyl sites for hydroxylation is 1. The molecule has 0 N–H and O–H groups in total. The molecule has 0 saturated heterocycles. The number of rotatable bonds is 5. The molecule has 1 aromatic carbocycles. The van der Waals surface area contributed by atoms with Crippen molar-refractivity contribution in [2.75, 3.05) is 6.61 Å². The summed E-state index contributed by atoms with van der Waals surface area (Å²) < 4.78 is 8.54. The van der Waals surface area contributed by atoms with E-state index < -0.39 is 0 Å². The molecule has 0 bridgehead atoms. The number of nitrogens with zero attached hydrogens (tertiary/aromatic N) is 2. The van der Waals surface area contributed by atoms with Crippen LogP contribution in [0.2, 0.25) is 5.02 Å². The number of aromatic nitrogens is 2. The van der Waals surface area contributed by atoms with Crippen LogP contribution in [0.15, 0.2) is 36.5 Å². The molecule has 4 heteroatoms. The second-order valence-corrected chi connectivity index (χ2v) is 7.83. The van der Waals surface area contributed by atoms with Gasteiger partial charge in [-0.05, 0) is 61.9 Å². The van der Waals surface area contributed by atoms with E-state index in [9.17, 15) is 0 Å². The van der Waals surface area contributed by atoms with E-state index in [-0.39, 0.29) is 0 Å². The van der Waals surface area contributed by atoms with Crippen molar-refractivity contribution in [3.8, 4) is 5.88 Å². The number of benzene rings is 1. The van der Waals surface area contributed by atoms with E-state index in [1.165, 1.54) is 47.9 Å². The predicted molar refractivity (Wildman–Crippen MR) is 107 cm³/mol. The Bertz CT molecular complexity index is 908. The zero-order chi connectivity index (χ0) is 18.1. The monoisotopic (exact) mass is 368 g/mol. The van der Waals surface area contributed by atoms with Crippen molar-refractivity contribution in [1.82, 2.24) is 9.55 Å². The SMILES string of the molecule is Cc1c(C)n(Cc2ccc(Cl)cc2)c2c(OCC3CCCC3)nccc12. The summed E-state index contributed by atoms with van der Waals surface area (Å²) in [5.41, 5.74) is 4.88. The third-order valence-electron chi connectivity index (χ3n) is 5.70. The Hall–Kier alpha value is -2.00. The fraction of sp³-hybridized carbons (Fsp3) is 0.409. The van der Waals surface area contributed by atoms with Crippen LogP contribution >= 0.6 is 11.6 Å². The van der Waals surface area contributed by atoms with Crippen molar-refractivity contribution in [2.45, 2.75) is 46.1 Å². The lowest BCUT2D eigenvalue weighted by Gasteiger charge is -2.14.